The van der Waals surface area contributed by atoms with Gasteiger partial charge in [-0.1, -0.05) is 133 Å². The molecule has 1 aliphatic heterocycles. The SMILES string of the molecule is O=C(O)CCCCC(=O)NCc1cccc(-c2cccc([C@@H]3O[C@H](CSc4nc(-c5ccccc5)c(-c5ccccc5)o4)C[C@H](c4ccc(CO)cc4)O3)c2)c1. The van der Waals surface area contributed by atoms with Crippen LogP contribution in [0.25, 0.3) is 33.7 Å². The monoisotopic (exact) mass is 768 g/mol. The Hall–Kier alpha value is -5.52. The van der Waals surface area contributed by atoms with Crippen molar-refractivity contribution in [2.24, 2.45) is 0 Å². The van der Waals surface area contributed by atoms with Crippen LogP contribution in [0.15, 0.2) is 143 Å². The van der Waals surface area contributed by atoms with Crippen molar-refractivity contribution >= 4 is 23.6 Å². The lowest BCUT2D eigenvalue weighted by Crippen LogP contribution is -2.31. The van der Waals surface area contributed by atoms with E-state index in [0.717, 1.165) is 56.0 Å². The number of aliphatic hydroxyl groups excluding tert-OH is 1. The van der Waals surface area contributed by atoms with Gasteiger partial charge in [0.2, 0.25) is 5.91 Å². The fraction of sp³-hybridized carbons (Fsp3) is 0.239. The van der Waals surface area contributed by atoms with Crippen LogP contribution in [-0.4, -0.2) is 38.9 Å². The van der Waals surface area contributed by atoms with Crippen LogP contribution in [0.5, 0.6) is 0 Å². The molecule has 1 aliphatic rings. The molecule has 6 aromatic rings. The summed E-state index contributed by atoms with van der Waals surface area (Å²) in [6, 6.07) is 44.1. The van der Waals surface area contributed by atoms with E-state index in [0.29, 0.717) is 43.2 Å². The van der Waals surface area contributed by atoms with Gasteiger partial charge in [-0.05, 0) is 52.8 Å². The summed E-state index contributed by atoms with van der Waals surface area (Å²) in [5.41, 5.74) is 8.39. The van der Waals surface area contributed by atoms with Crippen LogP contribution in [-0.2, 0) is 32.2 Å². The Labute approximate surface area is 330 Å². The number of ether oxygens (including phenoxy) is 2. The first-order valence-electron chi connectivity index (χ1n) is 18.8. The van der Waals surface area contributed by atoms with Crippen molar-refractivity contribution in [1.29, 1.82) is 0 Å². The number of benzene rings is 5. The van der Waals surface area contributed by atoms with Crippen molar-refractivity contribution in [3.8, 4) is 33.7 Å². The van der Waals surface area contributed by atoms with Crippen LogP contribution in [0.4, 0.5) is 0 Å². The number of carbonyl (C=O) groups excluding carboxylic acids is 1. The standard InChI is InChI=1S/C46H44N2O7S/c49-29-31-21-23-33(24-22-31)40-27-39(30-56-46-48-43(34-12-3-1-4-13-34)44(55-46)35-14-5-2-6-15-35)53-45(54-40)38-18-10-17-37(26-38)36-16-9-11-32(25-36)28-47-41(50)19-7-8-20-42(51)52/h1-6,9-18,21-26,39-40,45,49H,7-8,19-20,27-30H2,(H,47,50)(H,51,52)/t39-,40+,45+/m0/s1. The van der Waals surface area contributed by atoms with Gasteiger partial charge in [0.25, 0.3) is 5.22 Å². The molecule has 1 aromatic heterocycles. The fourth-order valence-corrected chi connectivity index (χ4v) is 7.54. The van der Waals surface area contributed by atoms with E-state index in [1.807, 2.05) is 121 Å². The zero-order chi connectivity index (χ0) is 38.7. The van der Waals surface area contributed by atoms with E-state index in [4.69, 9.17) is 24.0 Å². The number of rotatable bonds is 16. The summed E-state index contributed by atoms with van der Waals surface area (Å²) in [4.78, 5) is 28.1. The Morgan fingerprint density at radius 2 is 1.39 bits per heavy atom. The lowest BCUT2D eigenvalue weighted by Gasteiger charge is -2.36. The van der Waals surface area contributed by atoms with E-state index in [2.05, 4.69) is 17.4 Å². The van der Waals surface area contributed by atoms with Crippen LogP contribution >= 0.6 is 11.8 Å². The molecule has 7 rings (SSSR count). The first-order chi connectivity index (χ1) is 27.4. The zero-order valence-electron chi connectivity index (χ0n) is 30.9. The number of thioether (sulfide) groups is 1. The first kappa shape index (κ1) is 38.7. The highest BCUT2D eigenvalue weighted by atomic mass is 32.2. The van der Waals surface area contributed by atoms with Crippen molar-refractivity contribution in [2.45, 2.75) is 69.0 Å². The van der Waals surface area contributed by atoms with Crippen LogP contribution in [0.3, 0.4) is 0 Å². The average Bonchev–Trinajstić information content (AvgIpc) is 3.69. The van der Waals surface area contributed by atoms with Gasteiger partial charge in [-0.2, -0.15) is 0 Å². The second-order valence-electron chi connectivity index (χ2n) is 13.8. The number of nitrogens with one attached hydrogen (secondary N) is 1. The Morgan fingerprint density at radius 3 is 2.12 bits per heavy atom. The zero-order valence-corrected chi connectivity index (χ0v) is 31.7. The molecular weight excluding hydrogens is 725 g/mol. The molecule has 3 N–H and O–H groups in total. The smallest absolute Gasteiger partial charge is 0.303 e. The molecule has 5 aromatic carbocycles. The van der Waals surface area contributed by atoms with Crippen molar-refractivity contribution in [3.05, 3.63) is 156 Å². The maximum Gasteiger partial charge on any atom is 0.303 e. The topological polar surface area (TPSA) is 131 Å². The summed E-state index contributed by atoms with van der Waals surface area (Å²) in [5.74, 6) is 0.362. The minimum atomic E-state index is -0.849. The van der Waals surface area contributed by atoms with Gasteiger partial charge in [-0.25, -0.2) is 4.98 Å². The number of carboxylic acids is 1. The molecule has 9 nitrogen and oxygen atoms in total. The number of aliphatic carboxylic acids is 1. The van der Waals surface area contributed by atoms with E-state index in [1.165, 1.54) is 11.8 Å². The van der Waals surface area contributed by atoms with Crippen molar-refractivity contribution in [3.63, 3.8) is 0 Å². The lowest BCUT2D eigenvalue weighted by molar-refractivity contribution is -0.245. The molecule has 56 heavy (non-hydrogen) atoms. The highest BCUT2D eigenvalue weighted by Gasteiger charge is 2.33. The highest BCUT2D eigenvalue weighted by molar-refractivity contribution is 7.99. The van der Waals surface area contributed by atoms with Gasteiger partial charge in [0, 0.05) is 48.3 Å². The van der Waals surface area contributed by atoms with Gasteiger partial charge >= 0.3 is 5.97 Å². The first-order valence-corrected chi connectivity index (χ1v) is 19.8. The lowest BCUT2D eigenvalue weighted by atomic mass is 9.99. The largest absolute Gasteiger partial charge is 0.481 e. The number of oxazole rings is 1. The molecule has 10 heteroatoms. The number of aliphatic hydroxyl groups is 1. The van der Waals surface area contributed by atoms with E-state index < -0.39 is 12.3 Å². The van der Waals surface area contributed by atoms with Crippen molar-refractivity contribution in [2.75, 3.05) is 5.75 Å². The van der Waals surface area contributed by atoms with E-state index in [1.54, 1.807) is 0 Å². The molecule has 0 bridgehead atoms. The quantitative estimate of drug-likeness (QED) is 0.0651. The highest BCUT2D eigenvalue weighted by Crippen LogP contribution is 2.41. The average molecular weight is 769 g/mol. The van der Waals surface area contributed by atoms with Crippen molar-refractivity contribution in [1.82, 2.24) is 10.3 Å². The van der Waals surface area contributed by atoms with Crippen molar-refractivity contribution < 1.29 is 33.7 Å². The second-order valence-corrected chi connectivity index (χ2v) is 14.7. The predicted octanol–water partition coefficient (Wildman–Crippen LogP) is 9.77. The van der Waals surface area contributed by atoms with Gasteiger partial charge in [0.1, 0.15) is 5.69 Å². The number of unbranched alkanes of at least 4 members (excludes halogenated alkanes) is 1. The summed E-state index contributed by atoms with van der Waals surface area (Å²) in [5, 5.41) is 22.0. The fourth-order valence-electron chi connectivity index (χ4n) is 6.70. The minimum absolute atomic E-state index is 0.0299. The maximum absolute atomic E-state index is 12.4. The Bertz CT molecular complexity index is 2150. The van der Waals surface area contributed by atoms with Crippen LogP contribution in [0.2, 0.25) is 0 Å². The number of nitrogens with zero attached hydrogens (tertiary/aromatic N) is 1. The molecule has 0 radical (unpaired) electrons. The van der Waals surface area contributed by atoms with Gasteiger partial charge < -0.3 is 29.4 Å². The molecule has 0 spiro atoms. The number of carbonyl (C=O) groups is 2. The number of aromatic nitrogens is 1. The summed E-state index contributed by atoms with van der Waals surface area (Å²) >= 11 is 1.52. The molecule has 2 heterocycles. The predicted molar refractivity (Wildman–Crippen MR) is 216 cm³/mol. The van der Waals surface area contributed by atoms with Gasteiger partial charge in [0.15, 0.2) is 12.1 Å². The van der Waals surface area contributed by atoms with E-state index in [-0.39, 0.29) is 31.1 Å². The summed E-state index contributed by atoms with van der Waals surface area (Å²) in [7, 11) is 0. The molecule has 1 saturated heterocycles. The van der Waals surface area contributed by atoms with Crippen LogP contribution in [0.1, 0.15) is 66.8 Å². The molecule has 0 aliphatic carbocycles. The number of hydrogen-bond donors (Lipinski definition) is 3. The van der Waals surface area contributed by atoms with Gasteiger partial charge in [0.05, 0.1) is 18.8 Å². The van der Waals surface area contributed by atoms with Crippen LogP contribution in [0, 0.1) is 0 Å². The molecule has 0 unspecified atom stereocenters. The molecule has 1 amide bonds. The van der Waals surface area contributed by atoms with E-state index >= 15 is 0 Å². The third-order valence-electron chi connectivity index (χ3n) is 9.65. The summed E-state index contributed by atoms with van der Waals surface area (Å²) < 4.78 is 19.8. The normalized spacial score (nSPS) is 16.7. The third-order valence-corrected chi connectivity index (χ3v) is 10.6. The number of amides is 1. The Morgan fingerprint density at radius 1 is 0.714 bits per heavy atom. The Balaban J connectivity index is 1.08. The summed E-state index contributed by atoms with van der Waals surface area (Å²) in [6.07, 6.45) is 0.892. The molecular formula is C46H44N2O7S. The maximum atomic E-state index is 12.4. The number of hydrogen-bond acceptors (Lipinski definition) is 8. The minimum Gasteiger partial charge on any atom is -0.481 e. The second kappa shape index (κ2) is 18.9. The molecule has 3 atom stereocenters. The summed E-state index contributed by atoms with van der Waals surface area (Å²) in [6.45, 7) is 0.346. The molecule has 286 valence electrons. The van der Waals surface area contributed by atoms with E-state index in [9.17, 15) is 14.7 Å². The Kier molecular flexibility index (Phi) is 13.1. The molecule has 1 fully saturated rings. The number of carboxylic acid groups (broad SMARTS) is 1. The van der Waals surface area contributed by atoms with Gasteiger partial charge in [-0.3, -0.25) is 9.59 Å². The van der Waals surface area contributed by atoms with Gasteiger partial charge in [-0.15, -0.1) is 0 Å². The van der Waals surface area contributed by atoms with Crippen LogP contribution < -0.4 is 5.32 Å². The third kappa shape index (κ3) is 10.2. The molecule has 0 saturated carbocycles.